The molecule has 4 heteroatoms. The molecule has 0 saturated heterocycles. The van der Waals surface area contributed by atoms with E-state index in [0.29, 0.717) is 11.7 Å². The van der Waals surface area contributed by atoms with Crippen LogP contribution in [-0.2, 0) is 17.6 Å². The molecule has 0 aliphatic rings. The Morgan fingerprint density at radius 1 is 1.47 bits per heavy atom. The van der Waals surface area contributed by atoms with Gasteiger partial charge in [-0.3, -0.25) is 4.79 Å². The molecule has 1 heterocycles. The standard InChI is InChI=1S/C11H16N2O2/c1-7(2)4-9-5-8(3)12-10(13-9)6-11(14)15/h5,7H,4,6H2,1-3H3,(H,14,15). The molecule has 0 amide bonds. The molecule has 4 nitrogen and oxygen atoms in total. The van der Waals surface area contributed by atoms with Crippen molar-refractivity contribution in [1.82, 2.24) is 9.97 Å². The van der Waals surface area contributed by atoms with Gasteiger partial charge in [0.15, 0.2) is 0 Å². The lowest BCUT2D eigenvalue weighted by Gasteiger charge is -2.06. The minimum Gasteiger partial charge on any atom is -0.481 e. The van der Waals surface area contributed by atoms with Gasteiger partial charge >= 0.3 is 5.97 Å². The van der Waals surface area contributed by atoms with Crippen LogP contribution < -0.4 is 0 Å². The number of carbonyl (C=O) groups is 1. The van der Waals surface area contributed by atoms with Crippen molar-refractivity contribution in [1.29, 1.82) is 0 Å². The van der Waals surface area contributed by atoms with E-state index in [9.17, 15) is 4.79 Å². The molecule has 0 aliphatic carbocycles. The highest BCUT2D eigenvalue weighted by atomic mass is 16.4. The second kappa shape index (κ2) is 4.87. The van der Waals surface area contributed by atoms with E-state index in [1.165, 1.54) is 0 Å². The Morgan fingerprint density at radius 2 is 2.13 bits per heavy atom. The molecule has 82 valence electrons. The predicted octanol–water partition coefficient (Wildman–Crippen LogP) is 1.61. The quantitative estimate of drug-likeness (QED) is 0.816. The second-order valence-corrected chi connectivity index (χ2v) is 4.09. The Balaban J connectivity index is 2.89. The number of aliphatic carboxylic acids is 1. The van der Waals surface area contributed by atoms with Crippen LogP contribution in [0.2, 0.25) is 0 Å². The molecular formula is C11H16N2O2. The monoisotopic (exact) mass is 208 g/mol. The topological polar surface area (TPSA) is 63.1 Å². The van der Waals surface area contributed by atoms with Gasteiger partial charge in [0.2, 0.25) is 0 Å². The molecular weight excluding hydrogens is 192 g/mol. The van der Waals surface area contributed by atoms with Crippen LogP contribution in [0.4, 0.5) is 0 Å². The number of aryl methyl sites for hydroxylation is 1. The number of nitrogens with zero attached hydrogens (tertiary/aromatic N) is 2. The fourth-order valence-electron chi connectivity index (χ4n) is 1.44. The minimum atomic E-state index is -0.893. The maximum absolute atomic E-state index is 10.5. The first-order valence-corrected chi connectivity index (χ1v) is 5.02. The summed E-state index contributed by atoms with van der Waals surface area (Å²) in [5, 5.41) is 8.65. The molecule has 1 aromatic heterocycles. The lowest BCUT2D eigenvalue weighted by molar-refractivity contribution is -0.136. The summed E-state index contributed by atoms with van der Waals surface area (Å²) in [6.07, 6.45) is 0.753. The molecule has 1 N–H and O–H groups in total. The molecule has 15 heavy (non-hydrogen) atoms. The van der Waals surface area contributed by atoms with Crippen LogP contribution >= 0.6 is 0 Å². The predicted molar refractivity (Wildman–Crippen MR) is 56.7 cm³/mol. The highest BCUT2D eigenvalue weighted by molar-refractivity contribution is 5.68. The first kappa shape index (κ1) is 11.6. The van der Waals surface area contributed by atoms with E-state index >= 15 is 0 Å². The van der Waals surface area contributed by atoms with Gasteiger partial charge in [0.05, 0.1) is 0 Å². The van der Waals surface area contributed by atoms with Crippen LogP contribution in [0, 0.1) is 12.8 Å². The van der Waals surface area contributed by atoms with Crippen molar-refractivity contribution in [2.75, 3.05) is 0 Å². The zero-order valence-electron chi connectivity index (χ0n) is 9.32. The lowest BCUT2D eigenvalue weighted by atomic mass is 10.1. The Bertz CT molecular complexity index is 362. The first-order chi connectivity index (χ1) is 6.97. The van der Waals surface area contributed by atoms with Crippen molar-refractivity contribution in [3.05, 3.63) is 23.3 Å². The molecule has 0 atom stereocenters. The Morgan fingerprint density at radius 3 is 2.67 bits per heavy atom. The van der Waals surface area contributed by atoms with E-state index in [0.717, 1.165) is 17.8 Å². The van der Waals surface area contributed by atoms with Crippen molar-refractivity contribution in [3.8, 4) is 0 Å². The van der Waals surface area contributed by atoms with Crippen LogP contribution in [0.15, 0.2) is 6.07 Å². The maximum Gasteiger partial charge on any atom is 0.311 e. The van der Waals surface area contributed by atoms with Gasteiger partial charge in [-0.15, -0.1) is 0 Å². The molecule has 0 aromatic carbocycles. The summed E-state index contributed by atoms with van der Waals surface area (Å²) in [6, 6.07) is 1.91. The molecule has 0 fully saturated rings. The second-order valence-electron chi connectivity index (χ2n) is 4.09. The Kier molecular flexibility index (Phi) is 3.77. The fraction of sp³-hybridized carbons (Fsp3) is 0.545. The average Bonchev–Trinajstić information content (AvgIpc) is 1.98. The van der Waals surface area contributed by atoms with Crippen molar-refractivity contribution in [3.63, 3.8) is 0 Å². The largest absolute Gasteiger partial charge is 0.481 e. The molecule has 0 bridgehead atoms. The number of carboxylic acids is 1. The average molecular weight is 208 g/mol. The molecule has 1 rings (SSSR count). The number of hydrogen-bond acceptors (Lipinski definition) is 3. The SMILES string of the molecule is Cc1cc(CC(C)C)nc(CC(=O)O)n1. The van der Waals surface area contributed by atoms with Crippen LogP contribution in [-0.4, -0.2) is 21.0 Å². The van der Waals surface area contributed by atoms with Gasteiger partial charge in [-0.25, -0.2) is 9.97 Å². The zero-order chi connectivity index (χ0) is 11.4. The maximum atomic E-state index is 10.5. The van der Waals surface area contributed by atoms with Crippen LogP contribution in [0.5, 0.6) is 0 Å². The third-order valence-electron chi connectivity index (χ3n) is 1.88. The molecule has 0 spiro atoms. The normalized spacial score (nSPS) is 10.7. The lowest BCUT2D eigenvalue weighted by Crippen LogP contribution is -2.09. The van der Waals surface area contributed by atoms with E-state index < -0.39 is 5.97 Å². The van der Waals surface area contributed by atoms with E-state index in [2.05, 4.69) is 23.8 Å². The minimum absolute atomic E-state index is 0.104. The van der Waals surface area contributed by atoms with Crippen molar-refractivity contribution in [2.45, 2.75) is 33.6 Å². The summed E-state index contributed by atoms with van der Waals surface area (Å²) >= 11 is 0. The smallest absolute Gasteiger partial charge is 0.311 e. The highest BCUT2D eigenvalue weighted by Crippen LogP contribution is 2.07. The van der Waals surface area contributed by atoms with Crippen molar-refractivity contribution < 1.29 is 9.90 Å². The first-order valence-electron chi connectivity index (χ1n) is 5.02. The Labute approximate surface area is 89.4 Å². The van der Waals surface area contributed by atoms with Crippen LogP contribution in [0.25, 0.3) is 0 Å². The molecule has 0 radical (unpaired) electrons. The molecule has 1 aromatic rings. The summed E-state index contributed by atoms with van der Waals surface area (Å²) in [6.45, 7) is 6.07. The third kappa shape index (κ3) is 4.06. The summed E-state index contributed by atoms with van der Waals surface area (Å²) in [5.41, 5.74) is 1.76. The van der Waals surface area contributed by atoms with E-state index in [-0.39, 0.29) is 6.42 Å². The van der Waals surface area contributed by atoms with Crippen molar-refractivity contribution in [2.24, 2.45) is 5.92 Å². The van der Waals surface area contributed by atoms with E-state index in [1.807, 2.05) is 13.0 Å². The van der Waals surface area contributed by atoms with Gasteiger partial charge in [-0.2, -0.15) is 0 Å². The number of rotatable bonds is 4. The van der Waals surface area contributed by atoms with Gasteiger partial charge in [0.25, 0.3) is 0 Å². The molecule has 0 saturated carbocycles. The summed E-state index contributed by atoms with van der Waals surface area (Å²) in [4.78, 5) is 18.8. The fourth-order valence-corrected chi connectivity index (χ4v) is 1.44. The Hall–Kier alpha value is -1.45. The number of hydrogen-bond donors (Lipinski definition) is 1. The van der Waals surface area contributed by atoms with Gasteiger partial charge in [0, 0.05) is 11.4 Å². The van der Waals surface area contributed by atoms with Crippen LogP contribution in [0.3, 0.4) is 0 Å². The molecule has 0 unspecified atom stereocenters. The summed E-state index contributed by atoms with van der Waals surface area (Å²) in [5.74, 6) is 0.0197. The van der Waals surface area contributed by atoms with E-state index in [1.54, 1.807) is 0 Å². The summed E-state index contributed by atoms with van der Waals surface area (Å²) in [7, 11) is 0. The van der Waals surface area contributed by atoms with Crippen LogP contribution in [0.1, 0.15) is 31.1 Å². The summed E-state index contributed by atoms with van der Waals surface area (Å²) < 4.78 is 0. The van der Waals surface area contributed by atoms with E-state index in [4.69, 9.17) is 5.11 Å². The van der Waals surface area contributed by atoms with Gasteiger partial charge in [-0.05, 0) is 25.3 Å². The third-order valence-corrected chi connectivity index (χ3v) is 1.88. The zero-order valence-corrected chi connectivity index (χ0v) is 9.32. The molecule has 0 aliphatic heterocycles. The number of aromatic nitrogens is 2. The van der Waals surface area contributed by atoms with Gasteiger partial charge in [0.1, 0.15) is 12.2 Å². The van der Waals surface area contributed by atoms with Gasteiger partial charge in [-0.1, -0.05) is 13.8 Å². The van der Waals surface area contributed by atoms with Crippen molar-refractivity contribution >= 4 is 5.97 Å². The number of carboxylic acid groups (broad SMARTS) is 1. The van der Waals surface area contributed by atoms with Gasteiger partial charge < -0.3 is 5.11 Å². The highest BCUT2D eigenvalue weighted by Gasteiger charge is 2.07.